The summed E-state index contributed by atoms with van der Waals surface area (Å²) >= 11 is 1.35. The normalized spacial score (nSPS) is 12.5. The number of benzene rings is 1. The molecule has 1 amide bonds. The highest BCUT2D eigenvalue weighted by molar-refractivity contribution is 7.89. The number of hydrogen-bond acceptors (Lipinski definition) is 5. The third-order valence-corrected chi connectivity index (χ3v) is 6.47. The Kier molecular flexibility index (Phi) is 7.11. The fourth-order valence-electron chi connectivity index (χ4n) is 2.63. The second-order valence-electron chi connectivity index (χ2n) is 6.15. The zero-order chi connectivity index (χ0) is 20.0. The van der Waals surface area contributed by atoms with Gasteiger partial charge in [-0.25, -0.2) is 13.1 Å². The Morgan fingerprint density at radius 2 is 1.96 bits per heavy atom. The van der Waals surface area contributed by atoms with Gasteiger partial charge < -0.3 is 10.4 Å². The fraction of sp³-hybridized carbons (Fsp3) is 0.333. The van der Waals surface area contributed by atoms with Gasteiger partial charge in [0.2, 0.25) is 15.9 Å². The van der Waals surface area contributed by atoms with Crippen molar-refractivity contribution in [3.05, 3.63) is 51.7 Å². The molecule has 0 spiro atoms. The molecular weight excluding hydrogens is 388 g/mol. The highest BCUT2D eigenvalue weighted by atomic mass is 32.2. The van der Waals surface area contributed by atoms with E-state index in [1.165, 1.54) is 17.4 Å². The van der Waals surface area contributed by atoms with E-state index in [9.17, 15) is 18.0 Å². The average molecular weight is 411 g/mol. The quantitative estimate of drug-likeness (QED) is 0.587. The maximum absolute atomic E-state index is 12.4. The van der Waals surface area contributed by atoms with Crippen molar-refractivity contribution in [2.45, 2.75) is 37.6 Å². The minimum Gasteiger partial charge on any atom is -0.481 e. The van der Waals surface area contributed by atoms with Crippen molar-refractivity contribution in [2.75, 3.05) is 6.54 Å². The molecule has 0 aliphatic heterocycles. The molecule has 27 heavy (non-hydrogen) atoms. The van der Waals surface area contributed by atoms with E-state index < -0.39 is 27.9 Å². The first-order valence-electron chi connectivity index (χ1n) is 8.30. The number of aliphatic carboxylic acids is 1. The summed E-state index contributed by atoms with van der Waals surface area (Å²) in [5, 5.41) is 13.5. The summed E-state index contributed by atoms with van der Waals surface area (Å²) in [5.74, 6) is -1.44. The first kappa shape index (κ1) is 21.1. The standard InChI is InChI=1S/C18H22N2O5S2/c1-12-5-6-16(13(2)10-12)27(24,25)19-8-7-17(21)20-14(11-18(22)23)15-4-3-9-26-15/h3-6,9-10,14,19H,7-8,11H2,1-2H3,(H,20,21)(H,22,23)/t14-/m1/s1. The van der Waals surface area contributed by atoms with Crippen molar-refractivity contribution in [1.29, 1.82) is 0 Å². The number of carbonyl (C=O) groups excluding carboxylic acids is 1. The molecule has 0 radical (unpaired) electrons. The van der Waals surface area contributed by atoms with Crippen LogP contribution in [-0.2, 0) is 19.6 Å². The van der Waals surface area contributed by atoms with Crippen molar-refractivity contribution in [1.82, 2.24) is 10.0 Å². The summed E-state index contributed by atoms with van der Waals surface area (Å²) in [5.41, 5.74) is 1.59. The van der Waals surface area contributed by atoms with Gasteiger partial charge in [-0.1, -0.05) is 23.8 Å². The molecule has 0 aliphatic carbocycles. The molecule has 1 aromatic carbocycles. The van der Waals surface area contributed by atoms with Crippen LogP contribution in [0.3, 0.4) is 0 Å². The van der Waals surface area contributed by atoms with E-state index in [0.29, 0.717) is 5.56 Å². The van der Waals surface area contributed by atoms with Crippen LogP contribution in [-0.4, -0.2) is 31.9 Å². The third-order valence-electron chi connectivity index (χ3n) is 3.86. The van der Waals surface area contributed by atoms with Gasteiger partial charge in [-0.05, 0) is 36.9 Å². The molecule has 2 aromatic rings. The van der Waals surface area contributed by atoms with E-state index in [2.05, 4.69) is 10.0 Å². The van der Waals surface area contributed by atoms with Gasteiger partial charge in [0, 0.05) is 17.8 Å². The lowest BCUT2D eigenvalue weighted by Crippen LogP contribution is -2.33. The molecule has 0 fully saturated rings. The van der Waals surface area contributed by atoms with Crippen LogP contribution in [0.4, 0.5) is 0 Å². The van der Waals surface area contributed by atoms with Gasteiger partial charge in [-0.3, -0.25) is 9.59 Å². The molecule has 1 aromatic heterocycles. The van der Waals surface area contributed by atoms with E-state index in [1.807, 2.05) is 6.92 Å². The SMILES string of the molecule is Cc1ccc(S(=O)(=O)NCCC(=O)N[C@H](CC(=O)O)c2cccs2)c(C)c1. The number of rotatable bonds is 9. The lowest BCUT2D eigenvalue weighted by Gasteiger charge is -2.16. The second-order valence-corrected chi connectivity index (χ2v) is 8.86. The van der Waals surface area contributed by atoms with Crippen LogP contribution in [0.15, 0.2) is 40.6 Å². The van der Waals surface area contributed by atoms with Crippen LogP contribution < -0.4 is 10.0 Å². The van der Waals surface area contributed by atoms with Crippen LogP contribution in [0.5, 0.6) is 0 Å². The predicted molar refractivity (Wildman–Crippen MR) is 103 cm³/mol. The van der Waals surface area contributed by atoms with Crippen molar-refractivity contribution in [2.24, 2.45) is 0 Å². The first-order valence-corrected chi connectivity index (χ1v) is 10.7. The van der Waals surface area contributed by atoms with Gasteiger partial charge >= 0.3 is 5.97 Å². The van der Waals surface area contributed by atoms with Gasteiger partial charge in [-0.2, -0.15) is 0 Å². The molecule has 146 valence electrons. The molecule has 1 heterocycles. The third kappa shape index (κ3) is 6.16. The number of aryl methyl sites for hydroxylation is 2. The smallest absolute Gasteiger partial charge is 0.305 e. The minimum atomic E-state index is -3.72. The van der Waals surface area contributed by atoms with Crippen molar-refractivity contribution in [3.63, 3.8) is 0 Å². The average Bonchev–Trinajstić information content (AvgIpc) is 3.07. The van der Waals surface area contributed by atoms with Crippen molar-refractivity contribution < 1.29 is 23.1 Å². The van der Waals surface area contributed by atoms with Crippen LogP contribution in [0.2, 0.25) is 0 Å². The Morgan fingerprint density at radius 1 is 1.22 bits per heavy atom. The molecule has 0 saturated carbocycles. The fourth-order valence-corrected chi connectivity index (χ4v) is 4.67. The number of nitrogens with one attached hydrogen (secondary N) is 2. The number of thiophene rings is 1. The Balaban J connectivity index is 1.93. The summed E-state index contributed by atoms with van der Waals surface area (Å²) in [7, 11) is -3.72. The van der Waals surface area contributed by atoms with Gasteiger partial charge in [0.1, 0.15) is 0 Å². The highest BCUT2D eigenvalue weighted by Gasteiger charge is 2.20. The molecule has 0 bridgehead atoms. The maximum atomic E-state index is 12.4. The van der Waals surface area contributed by atoms with Crippen LogP contribution >= 0.6 is 11.3 Å². The molecular formula is C18H22N2O5S2. The number of carbonyl (C=O) groups is 2. The Labute approximate surface area is 162 Å². The van der Waals surface area contributed by atoms with Gasteiger partial charge in [0.25, 0.3) is 0 Å². The summed E-state index contributed by atoms with van der Waals surface area (Å²) in [6.45, 7) is 3.51. The first-order chi connectivity index (χ1) is 12.7. The molecule has 0 unspecified atom stereocenters. The zero-order valence-corrected chi connectivity index (χ0v) is 16.7. The van der Waals surface area contributed by atoms with Gasteiger partial charge in [-0.15, -0.1) is 11.3 Å². The Bertz CT molecular complexity index is 908. The predicted octanol–water partition coefficient (Wildman–Crippen LogP) is 2.37. The lowest BCUT2D eigenvalue weighted by atomic mass is 10.1. The largest absolute Gasteiger partial charge is 0.481 e. The van der Waals surface area contributed by atoms with E-state index >= 15 is 0 Å². The van der Waals surface area contributed by atoms with E-state index in [1.54, 1.807) is 36.6 Å². The molecule has 7 nitrogen and oxygen atoms in total. The van der Waals surface area contributed by atoms with E-state index in [0.717, 1.165) is 10.4 Å². The Hall–Kier alpha value is -2.23. The monoisotopic (exact) mass is 410 g/mol. The lowest BCUT2D eigenvalue weighted by molar-refractivity contribution is -0.137. The molecule has 2 rings (SSSR count). The van der Waals surface area contributed by atoms with Crippen LogP contribution in [0, 0.1) is 13.8 Å². The Morgan fingerprint density at radius 3 is 2.56 bits per heavy atom. The minimum absolute atomic E-state index is 0.0777. The second kappa shape index (κ2) is 9.12. The summed E-state index contributed by atoms with van der Waals surface area (Å²) in [4.78, 5) is 24.1. The van der Waals surface area contributed by atoms with Gasteiger partial charge in [0.05, 0.1) is 17.4 Å². The molecule has 9 heteroatoms. The van der Waals surface area contributed by atoms with Crippen molar-refractivity contribution in [3.8, 4) is 0 Å². The van der Waals surface area contributed by atoms with Crippen LogP contribution in [0.25, 0.3) is 0 Å². The summed E-state index contributed by atoms with van der Waals surface area (Å²) < 4.78 is 27.2. The molecule has 1 atom stereocenters. The summed E-state index contributed by atoms with van der Waals surface area (Å²) in [6.07, 6.45) is -0.327. The molecule has 3 N–H and O–H groups in total. The van der Waals surface area contributed by atoms with E-state index in [4.69, 9.17) is 5.11 Å². The van der Waals surface area contributed by atoms with Gasteiger partial charge in [0.15, 0.2) is 0 Å². The number of carboxylic acids is 1. The van der Waals surface area contributed by atoms with E-state index in [-0.39, 0.29) is 24.3 Å². The maximum Gasteiger partial charge on any atom is 0.305 e. The molecule has 0 saturated heterocycles. The summed E-state index contributed by atoms with van der Waals surface area (Å²) in [6, 6.07) is 7.92. The highest BCUT2D eigenvalue weighted by Crippen LogP contribution is 2.22. The number of amides is 1. The number of sulfonamides is 1. The van der Waals surface area contributed by atoms with Crippen LogP contribution in [0.1, 0.15) is 34.9 Å². The topological polar surface area (TPSA) is 113 Å². The number of hydrogen-bond donors (Lipinski definition) is 3. The number of carboxylic acid groups (broad SMARTS) is 1. The van der Waals surface area contributed by atoms with Crippen molar-refractivity contribution >= 4 is 33.2 Å². The zero-order valence-electron chi connectivity index (χ0n) is 15.1. The molecule has 0 aliphatic rings.